The van der Waals surface area contributed by atoms with E-state index in [0.717, 1.165) is 5.56 Å². The van der Waals surface area contributed by atoms with Crippen molar-refractivity contribution in [1.82, 2.24) is 4.98 Å². The van der Waals surface area contributed by atoms with Crippen molar-refractivity contribution in [2.75, 3.05) is 0 Å². The standard InChI is InChI=1S/C12H14N2O/c1-12(2,3)10-6-9(7-14-8-10)11(15)4-5-13/h6-8H,4H2,1-3H3. The number of Topliss-reactive ketones (excluding diaryl/α,β-unsaturated/α-hetero) is 1. The van der Waals surface area contributed by atoms with E-state index in [2.05, 4.69) is 25.8 Å². The summed E-state index contributed by atoms with van der Waals surface area (Å²) in [4.78, 5) is 15.5. The molecule has 1 rings (SSSR count). The Kier molecular flexibility index (Phi) is 3.21. The van der Waals surface area contributed by atoms with Gasteiger partial charge in [-0.2, -0.15) is 5.26 Å². The van der Waals surface area contributed by atoms with Gasteiger partial charge in [0.05, 0.1) is 12.5 Å². The van der Waals surface area contributed by atoms with Crippen molar-refractivity contribution in [2.45, 2.75) is 32.6 Å². The molecule has 0 saturated carbocycles. The van der Waals surface area contributed by atoms with Crippen molar-refractivity contribution in [1.29, 1.82) is 5.26 Å². The van der Waals surface area contributed by atoms with Crippen LogP contribution >= 0.6 is 0 Å². The largest absolute Gasteiger partial charge is 0.293 e. The van der Waals surface area contributed by atoms with Gasteiger partial charge < -0.3 is 0 Å². The first kappa shape index (κ1) is 11.4. The number of pyridine rings is 1. The van der Waals surface area contributed by atoms with E-state index in [4.69, 9.17) is 5.26 Å². The Morgan fingerprint density at radius 2 is 2.13 bits per heavy atom. The average Bonchev–Trinajstić information content (AvgIpc) is 2.17. The molecule has 0 radical (unpaired) electrons. The summed E-state index contributed by atoms with van der Waals surface area (Å²) in [5, 5.41) is 8.44. The third-order valence-electron chi connectivity index (χ3n) is 2.17. The second-order valence-corrected chi connectivity index (χ2v) is 4.47. The summed E-state index contributed by atoms with van der Waals surface area (Å²) in [6.07, 6.45) is 3.17. The minimum atomic E-state index is -0.170. The molecule has 1 aromatic heterocycles. The van der Waals surface area contributed by atoms with Crippen molar-refractivity contribution >= 4 is 5.78 Å². The van der Waals surface area contributed by atoms with Crippen LogP contribution in [0.2, 0.25) is 0 Å². The van der Waals surface area contributed by atoms with Gasteiger partial charge in [0.25, 0.3) is 0 Å². The minimum absolute atomic E-state index is 0.0318. The van der Waals surface area contributed by atoms with Crippen LogP contribution in [0.3, 0.4) is 0 Å². The molecule has 0 spiro atoms. The number of hydrogen-bond acceptors (Lipinski definition) is 3. The number of carbonyl (C=O) groups excluding carboxylic acids is 1. The minimum Gasteiger partial charge on any atom is -0.293 e. The third-order valence-corrected chi connectivity index (χ3v) is 2.17. The van der Waals surface area contributed by atoms with Crippen molar-refractivity contribution in [3.8, 4) is 6.07 Å². The monoisotopic (exact) mass is 202 g/mol. The fraction of sp³-hybridized carbons (Fsp3) is 0.417. The molecule has 0 N–H and O–H groups in total. The lowest BCUT2D eigenvalue weighted by atomic mass is 9.87. The fourth-order valence-electron chi connectivity index (χ4n) is 1.18. The molecule has 1 heterocycles. The molecule has 0 unspecified atom stereocenters. The number of aromatic nitrogens is 1. The molecule has 0 aliphatic rings. The van der Waals surface area contributed by atoms with E-state index in [1.54, 1.807) is 6.20 Å². The lowest BCUT2D eigenvalue weighted by molar-refractivity contribution is 0.0997. The zero-order valence-electron chi connectivity index (χ0n) is 9.24. The van der Waals surface area contributed by atoms with E-state index in [1.807, 2.05) is 12.1 Å². The molecule has 0 aliphatic carbocycles. The molecule has 0 atom stereocenters. The predicted molar refractivity (Wildman–Crippen MR) is 57.5 cm³/mol. The second-order valence-electron chi connectivity index (χ2n) is 4.47. The Labute approximate surface area is 89.8 Å². The molecule has 3 nitrogen and oxygen atoms in total. The lowest BCUT2D eigenvalue weighted by Crippen LogP contribution is -2.12. The Bertz CT molecular complexity index is 410. The smallest absolute Gasteiger partial charge is 0.178 e. The van der Waals surface area contributed by atoms with Crippen LogP contribution in [0.1, 0.15) is 43.1 Å². The summed E-state index contributed by atoms with van der Waals surface area (Å²) in [6, 6.07) is 3.66. The van der Waals surface area contributed by atoms with Crippen LogP contribution in [-0.2, 0) is 5.41 Å². The maximum absolute atomic E-state index is 11.5. The highest BCUT2D eigenvalue weighted by Gasteiger charge is 2.16. The Hall–Kier alpha value is -1.69. The van der Waals surface area contributed by atoms with E-state index < -0.39 is 0 Å². The van der Waals surface area contributed by atoms with Gasteiger partial charge in [-0.3, -0.25) is 9.78 Å². The maximum atomic E-state index is 11.5. The lowest BCUT2D eigenvalue weighted by Gasteiger charge is -2.18. The van der Waals surface area contributed by atoms with Gasteiger partial charge in [-0.15, -0.1) is 0 Å². The number of carbonyl (C=O) groups is 1. The Morgan fingerprint density at radius 3 is 2.67 bits per heavy atom. The number of hydrogen-bond donors (Lipinski definition) is 0. The van der Waals surface area contributed by atoms with Crippen molar-refractivity contribution < 1.29 is 4.79 Å². The summed E-state index contributed by atoms with van der Waals surface area (Å²) >= 11 is 0. The van der Waals surface area contributed by atoms with Crippen LogP contribution in [0, 0.1) is 11.3 Å². The quantitative estimate of drug-likeness (QED) is 0.692. The van der Waals surface area contributed by atoms with E-state index in [1.165, 1.54) is 6.20 Å². The van der Waals surface area contributed by atoms with Crippen molar-refractivity contribution in [3.05, 3.63) is 29.6 Å². The van der Waals surface area contributed by atoms with Gasteiger partial charge in [0, 0.05) is 18.0 Å². The van der Waals surface area contributed by atoms with Gasteiger partial charge in [-0.05, 0) is 17.0 Å². The molecule has 0 bridgehead atoms. The second kappa shape index (κ2) is 4.22. The summed E-state index contributed by atoms with van der Waals surface area (Å²) in [6.45, 7) is 6.17. The molecule has 0 aromatic carbocycles. The van der Waals surface area contributed by atoms with Gasteiger partial charge in [-0.1, -0.05) is 20.8 Å². The summed E-state index contributed by atoms with van der Waals surface area (Å²) in [5.41, 5.74) is 1.49. The van der Waals surface area contributed by atoms with Gasteiger partial charge in [0.1, 0.15) is 0 Å². The van der Waals surface area contributed by atoms with Crippen LogP contribution < -0.4 is 0 Å². The zero-order chi connectivity index (χ0) is 11.5. The van der Waals surface area contributed by atoms with Crippen molar-refractivity contribution in [2.24, 2.45) is 0 Å². The molecule has 0 fully saturated rings. The molecule has 0 saturated heterocycles. The first-order valence-corrected chi connectivity index (χ1v) is 4.81. The van der Waals surface area contributed by atoms with Gasteiger partial charge >= 0.3 is 0 Å². The molecule has 3 heteroatoms. The van der Waals surface area contributed by atoms with Crippen LogP contribution in [-0.4, -0.2) is 10.8 Å². The average molecular weight is 202 g/mol. The third kappa shape index (κ3) is 2.88. The maximum Gasteiger partial charge on any atom is 0.178 e. The molecule has 1 aromatic rings. The SMILES string of the molecule is CC(C)(C)c1cncc(C(=O)CC#N)c1. The normalized spacial score (nSPS) is 10.8. The van der Waals surface area contributed by atoms with E-state index in [0.29, 0.717) is 5.56 Å². The fourth-order valence-corrected chi connectivity index (χ4v) is 1.18. The van der Waals surface area contributed by atoms with Gasteiger partial charge in [0.2, 0.25) is 0 Å². The Morgan fingerprint density at radius 1 is 1.47 bits per heavy atom. The number of nitriles is 1. The van der Waals surface area contributed by atoms with Crippen LogP contribution in [0.5, 0.6) is 0 Å². The molecular formula is C12H14N2O. The molecule has 78 valence electrons. The summed E-state index contributed by atoms with van der Waals surface area (Å²) in [5.74, 6) is -0.170. The zero-order valence-corrected chi connectivity index (χ0v) is 9.24. The predicted octanol–water partition coefficient (Wildman–Crippen LogP) is 2.48. The summed E-state index contributed by atoms with van der Waals surface area (Å²) < 4.78 is 0. The van der Waals surface area contributed by atoms with Crippen LogP contribution in [0.25, 0.3) is 0 Å². The number of nitrogens with zero attached hydrogens (tertiary/aromatic N) is 2. The van der Waals surface area contributed by atoms with Gasteiger partial charge in [0.15, 0.2) is 5.78 Å². The molecule has 0 amide bonds. The first-order valence-electron chi connectivity index (χ1n) is 4.81. The highest BCUT2D eigenvalue weighted by Crippen LogP contribution is 2.22. The number of ketones is 1. The van der Waals surface area contributed by atoms with E-state index in [-0.39, 0.29) is 17.6 Å². The highest BCUT2D eigenvalue weighted by molar-refractivity contribution is 5.97. The topological polar surface area (TPSA) is 53.8 Å². The van der Waals surface area contributed by atoms with E-state index in [9.17, 15) is 4.79 Å². The molecule has 0 aliphatic heterocycles. The molecular weight excluding hydrogens is 188 g/mol. The first-order chi connectivity index (χ1) is 6.95. The van der Waals surface area contributed by atoms with Gasteiger partial charge in [-0.25, -0.2) is 0 Å². The Balaban J connectivity index is 3.04. The van der Waals surface area contributed by atoms with Crippen LogP contribution in [0.4, 0.5) is 0 Å². The summed E-state index contributed by atoms with van der Waals surface area (Å²) in [7, 11) is 0. The highest BCUT2D eigenvalue weighted by atomic mass is 16.1. The van der Waals surface area contributed by atoms with E-state index >= 15 is 0 Å². The number of rotatable bonds is 2. The van der Waals surface area contributed by atoms with Crippen molar-refractivity contribution in [3.63, 3.8) is 0 Å². The van der Waals surface area contributed by atoms with Crippen LogP contribution in [0.15, 0.2) is 18.5 Å². The molecule has 15 heavy (non-hydrogen) atoms.